The lowest BCUT2D eigenvalue weighted by Gasteiger charge is -2.40. The Morgan fingerprint density at radius 2 is 2.00 bits per heavy atom. The Morgan fingerprint density at radius 3 is 2.62 bits per heavy atom. The van der Waals surface area contributed by atoms with Crippen LogP contribution in [0.3, 0.4) is 0 Å². The minimum Gasteiger partial charge on any atom is -0.497 e. The summed E-state index contributed by atoms with van der Waals surface area (Å²) in [6.45, 7) is 9.09. The van der Waals surface area contributed by atoms with Gasteiger partial charge >= 0.3 is 0 Å². The van der Waals surface area contributed by atoms with Gasteiger partial charge in [-0.15, -0.1) is 0 Å². The van der Waals surface area contributed by atoms with E-state index in [0.29, 0.717) is 11.3 Å². The van der Waals surface area contributed by atoms with E-state index in [0.717, 1.165) is 24.3 Å². The zero-order chi connectivity index (χ0) is 15.5. The first-order valence-electron chi connectivity index (χ1n) is 7.86. The van der Waals surface area contributed by atoms with Crippen molar-refractivity contribution < 1.29 is 9.47 Å². The molecule has 1 atom stereocenters. The molecule has 0 aliphatic heterocycles. The molecule has 1 unspecified atom stereocenters. The molecule has 2 rings (SSSR count). The molecule has 1 aliphatic rings. The maximum atomic E-state index is 5.50. The lowest BCUT2D eigenvalue weighted by atomic mass is 9.65. The SMILES string of the molecule is C=C1CCCC(C)(C)C1CCc1ccc(OC)cc1OC. The molecule has 0 amide bonds. The van der Waals surface area contributed by atoms with Crippen LogP contribution in [0, 0.1) is 11.3 Å². The van der Waals surface area contributed by atoms with Crippen LogP contribution < -0.4 is 9.47 Å². The molecule has 2 heteroatoms. The van der Waals surface area contributed by atoms with Crippen LogP contribution in [0.5, 0.6) is 11.5 Å². The van der Waals surface area contributed by atoms with Crippen LogP contribution in [0.25, 0.3) is 0 Å². The van der Waals surface area contributed by atoms with Crippen molar-refractivity contribution >= 4 is 0 Å². The first kappa shape index (κ1) is 15.9. The van der Waals surface area contributed by atoms with E-state index in [9.17, 15) is 0 Å². The van der Waals surface area contributed by atoms with E-state index in [4.69, 9.17) is 9.47 Å². The number of benzene rings is 1. The van der Waals surface area contributed by atoms with Crippen LogP contribution in [-0.2, 0) is 6.42 Å². The molecule has 1 saturated carbocycles. The van der Waals surface area contributed by atoms with E-state index in [-0.39, 0.29) is 0 Å². The third-order valence-corrected chi connectivity index (χ3v) is 4.95. The van der Waals surface area contributed by atoms with Crippen molar-refractivity contribution in [1.29, 1.82) is 0 Å². The molecular weight excluding hydrogens is 260 g/mol. The van der Waals surface area contributed by atoms with Gasteiger partial charge in [0.25, 0.3) is 0 Å². The Bertz CT molecular complexity index is 502. The maximum absolute atomic E-state index is 5.50. The summed E-state index contributed by atoms with van der Waals surface area (Å²) < 4.78 is 10.8. The van der Waals surface area contributed by atoms with E-state index < -0.39 is 0 Å². The zero-order valence-corrected chi connectivity index (χ0v) is 13.9. The summed E-state index contributed by atoms with van der Waals surface area (Å²) in [5, 5.41) is 0. The molecule has 0 spiro atoms. The molecule has 0 radical (unpaired) electrons. The topological polar surface area (TPSA) is 18.5 Å². The van der Waals surface area contributed by atoms with Gasteiger partial charge in [-0.1, -0.05) is 32.1 Å². The molecule has 0 bridgehead atoms. The molecule has 0 aromatic heterocycles. The van der Waals surface area contributed by atoms with Gasteiger partial charge in [0.05, 0.1) is 14.2 Å². The molecule has 1 aromatic carbocycles. The molecule has 1 aliphatic carbocycles. The summed E-state index contributed by atoms with van der Waals surface area (Å²) in [5.74, 6) is 2.38. The Labute approximate surface area is 129 Å². The highest BCUT2D eigenvalue weighted by molar-refractivity contribution is 5.40. The normalized spacial score (nSPS) is 21.1. The van der Waals surface area contributed by atoms with E-state index in [2.05, 4.69) is 26.5 Å². The van der Waals surface area contributed by atoms with Crippen molar-refractivity contribution in [2.75, 3.05) is 14.2 Å². The smallest absolute Gasteiger partial charge is 0.125 e. The highest BCUT2D eigenvalue weighted by atomic mass is 16.5. The number of rotatable bonds is 5. The molecule has 0 heterocycles. The van der Waals surface area contributed by atoms with E-state index in [1.54, 1.807) is 14.2 Å². The summed E-state index contributed by atoms with van der Waals surface area (Å²) in [7, 11) is 3.41. The summed E-state index contributed by atoms with van der Waals surface area (Å²) >= 11 is 0. The Balaban J connectivity index is 2.10. The summed E-state index contributed by atoms with van der Waals surface area (Å²) in [4.78, 5) is 0. The average Bonchev–Trinajstić information content (AvgIpc) is 2.46. The van der Waals surface area contributed by atoms with Gasteiger partial charge in [0.2, 0.25) is 0 Å². The maximum Gasteiger partial charge on any atom is 0.125 e. The summed E-state index contributed by atoms with van der Waals surface area (Å²) in [6.07, 6.45) is 5.95. The number of allylic oxidation sites excluding steroid dienone is 1. The fraction of sp³-hybridized carbons (Fsp3) is 0.579. The second kappa shape index (κ2) is 6.55. The predicted molar refractivity (Wildman–Crippen MR) is 88.1 cm³/mol. The third-order valence-electron chi connectivity index (χ3n) is 4.95. The van der Waals surface area contributed by atoms with Crippen LogP contribution >= 0.6 is 0 Å². The van der Waals surface area contributed by atoms with Crippen molar-refractivity contribution in [3.63, 3.8) is 0 Å². The largest absolute Gasteiger partial charge is 0.497 e. The van der Waals surface area contributed by atoms with E-state index in [1.165, 1.54) is 30.4 Å². The van der Waals surface area contributed by atoms with Crippen molar-refractivity contribution in [2.24, 2.45) is 11.3 Å². The van der Waals surface area contributed by atoms with E-state index >= 15 is 0 Å². The van der Waals surface area contributed by atoms with Crippen molar-refractivity contribution in [2.45, 2.75) is 46.0 Å². The lowest BCUT2D eigenvalue weighted by molar-refractivity contribution is 0.180. The minimum absolute atomic E-state index is 0.370. The van der Waals surface area contributed by atoms with Gasteiger partial charge in [-0.25, -0.2) is 0 Å². The number of aryl methyl sites for hydroxylation is 1. The number of hydrogen-bond donors (Lipinski definition) is 0. The van der Waals surface area contributed by atoms with Gasteiger partial charge in [-0.2, -0.15) is 0 Å². The quantitative estimate of drug-likeness (QED) is 0.708. The highest BCUT2D eigenvalue weighted by Gasteiger charge is 2.34. The molecule has 2 nitrogen and oxygen atoms in total. The molecule has 1 aromatic rings. The minimum atomic E-state index is 0.370. The molecule has 21 heavy (non-hydrogen) atoms. The fourth-order valence-corrected chi connectivity index (χ4v) is 3.63. The number of methoxy groups -OCH3 is 2. The average molecular weight is 288 g/mol. The third kappa shape index (κ3) is 3.61. The van der Waals surface area contributed by atoms with E-state index in [1.807, 2.05) is 12.1 Å². The van der Waals surface area contributed by atoms with Crippen LogP contribution in [0.4, 0.5) is 0 Å². The molecule has 116 valence electrons. The molecule has 0 saturated heterocycles. The second-order valence-corrected chi connectivity index (χ2v) is 6.77. The van der Waals surface area contributed by atoms with Crippen LogP contribution in [0.15, 0.2) is 30.4 Å². The first-order valence-corrected chi connectivity index (χ1v) is 7.86. The second-order valence-electron chi connectivity index (χ2n) is 6.77. The molecular formula is C19H28O2. The fourth-order valence-electron chi connectivity index (χ4n) is 3.63. The molecule has 0 N–H and O–H groups in total. The van der Waals surface area contributed by atoms with Crippen molar-refractivity contribution in [3.05, 3.63) is 35.9 Å². The summed E-state index contributed by atoms with van der Waals surface area (Å²) in [5.41, 5.74) is 3.06. The van der Waals surface area contributed by atoms with Gasteiger partial charge in [-0.3, -0.25) is 0 Å². The zero-order valence-electron chi connectivity index (χ0n) is 13.9. The van der Waals surface area contributed by atoms with Gasteiger partial charge < -0.3 is 9.47 Å². The number of ether oxygens (including phenoxy) is 2. The monoisotopic (exact) mass is 288 g/mol. The standard InChI is InChI=1S/C19H28O2/c1-14-7-6-12-19(2,3)17(14)11-9-15-8-10-16(20-4)13-18(15)21-5/h8,10,13,17H,1,6-7,9,11-12H2,2-5H3. The van der Waals surface area contributed by atoms with Crippen LogP contribution in [0.1, 0.15) is 45.1 Å². The van der Waals surface area contributed by atoms with Crippen LogP contribution in [-0.4, -0.2) is 14.2 Å². The lowest BCUT2D eigenvalue weighted by Crippen LogP contribution is -2.29. The van der Waals surface area contributed by atoms with Gasteiger partial charge in [0, 0.05) is 6.07 Å². The van der Waals surface area contributed by atoms with Gasteiger partial charge in [0.15, 0.2) is 0 Å². The highest BCUT2D eigenvalue weighted by Crippen LogP contribution is 2.45. The van der Waals surface area contributed by atoms with Crippen molar-refractivity contribution in [3.8, 4) is 11.5 Å². The predicted octanol–water partition coefficient (Wildman–Crippen LogP) is 5.02. The Kier molecular flexibility index (Phi) is 4.97. The molecule has 1 fully saturated rings. The van der Waals surface area contributed by atoms with Crippen molar-refractivity contribution in [1.82, 2.24) is 0 Å². The van der Waals surface area contributed by atoms with Gasteiger partial charge in [-0.05, 0) is 55.1 Å². The Hall–Kier alpha value is -1.44. The number of hydrogen-bond acceptors (Lipinski definition) is 2. The first-order chi connectivity index (χ1) is 9.97. The summed E-state index contributed by atoms with van der Waals surface area (Å²) in [6, 6.07) is 6.10. The van der Waals surface area contributed by atoms with Gasteiger partial charge in [0.1, 0.15) is 11.5 Å². The van der Waals surface area contributed by atoms with Crippen LogP contribution in [0.2, 0.25) is 0 Å². The Morgan fingerprint density at radius 1 is 1.24 bits per heavy atom.